The van der Waals surface area contributed by atoms with E-state index in [2.05, 4.69) is 15.0 Å². The van der Waals surface area contributed by atoms with E-state index >= 15 is 0 Å². The lowest BCUT2D eigenvalue weighted by Gasteiger charge is -1.96. The number of aliphatic carboxylic acids is 1. The number of nitrogens with two attached hydrogens (primary N) is 1. The minimum Gasteiger partial charge on any atom is -0.476 e. The molecule has 3 N–H and O–H groups in total. The fraction of sp³-hybridized carbons (Fsp3) is 0.286. The molecule has 0 bridgehead atoms. The van der Waals surface area contributed by atoms with Crippen molar-refractivity contribution in [3.05, 3.63) is 11.1 Å². The van der Waals surface area contributed by atoms with E-state index < -0.39 is 5.97 Å². The van der Waals surface area contributed by atoms with Gasteiger partial charge in [-0.25, -0.2) is 9.78 Å². The quantitative estimate of drug-likeness (QED) is 0.564. The van der Waals surface area contributed by atoms with Crippen LogP contribution in [0.2, 0.25) is 0 Å². The van der Waals surface area contributed by atoms with Gasteiger partial charge in [0, 0.05) is 5.38 Å². The first-order valence-corrected chi connectivity index (χ1v) is 4.67. The van der Waals surface area contributed by atoms with Gasteiger partial charge in [0.15, 0.2) is 5.13 Å². The van der Waals surface area contributed by atoms with Crippen LogP contribution in [0.5, 0.6) is 0 Å². The molecule has 76 valence electrons. The van der Waals surface area contributed by atoms with Crippen molar-refractivity contribution in [3.63, 3.8) is 0 Å². The number of nitrogen functional groups attached to an aromatic ring is 1. The summed E-state index contributed by atoms with van der Waals surface area (Å²) >= 11 is 1.15. The molecular formula is C7H9N3O3S. The van der Waals surface area contributed by atoms with Gasteiger partial charge in [0.05, 0.1) is 0 Å². The minimum absolute atomic E-state index is 0.216. The molecule has 0 aromatic carbocycles. The van der Waals surface area contributed by atoms with Crippen LogP contribution in [0, 0.1) is 0 Å². The summed E-state index contributed by atoms with van der Waals surface area (Å²) in [6, 6.07) is 0. The number of carboxylic acids is 1. The van der Waals surface area contributed by atoms with Crippen LogP contribution in [0.25, 0.3) is 0 Å². The van der Waals surface area contributed by atoms with Crippen LogP contribution < -0.4 is 5.73 Å². The third-order valence-corrected chi connectivity index (χ3v) is 1.93. The first-order valence-electron chi connectivity index (χ1n) is 3.79. The van der Waals surface area contributed by atoms with Gasteiger partial charge in [-0.05, 0) is 6.92 Å². The molecule has 0 saturated heterocycles. The highest BCUT2D eigenvalue weighted by molar-refractivity contribution is 7.13. The van der Waals surface area contributed by atoms with Crippen molar-refractivity contribution in [2.75, 3.05) is 12.3 Å². The van der Waals surface area contributed by atoms with E-state index in [1.54, 1.807) is 6.92 Å². The van der Waals surface area contributed by atoms with Gasteiger partial charge in [0.25, 0.3) is 0 Å². The monoisotopic (exact) mass is 215 g/mol. The van der Waals surface area contributed by atoms with E-state index in [-0.39, 0.29) is 11.4 Å². The van der Waals surface area contributed by atoms with E-state index in [0.29, 0.717) is 11.7 Å². The Morgan fingerprint density at radius 2 is 2.57 bits per heavy atom. The lowest BCUT2D eigenvalue weighted by atomic mass is 10.3. The van der Waals surface area contributed by atoms with E-state index in [1.807, 2.05) is 0 Å². The lowest BCUT2D eigenvalue weighted by Crippen LogP contribution is -2.15. The Kier molecular flexibility index (Phi) is 3.41. The number of rotatable bonds is 4. The molecule has 6 nitrogen and oxygen atoms in total. The number of anilines is 1. The van der Waals surface area contributed by atoms with Gasteiger partial charge in [-0.1, -0.05) is 5.16 Å². The standard InChI is InChI=1S/C7H9N3O3S/c1-2-13-10-5(6(11)12)4-3-14-7(8)9-4/h3H,2H2,1H3,(H2,8,9)(H,11,12)/b10-5-. The summed E-state index contributed by atoms with van der Waals surface area (Å²) in [6.45, 7) is 2.01. The molecule has 0 amide bonds. The molecule has 7 heteroatoms. The van der Waals surface area contributed by atoms with Crippen molar-refractivity contribution in [1.82, 2.24) is 4.98 Å². The zero-order valence-corrected chi connectivity index (χ0v) is 8.24. The molecule has 0 aliphatic heterocycles. The second kappa shape index (κ2) is 4.56. The number of carbonyl (C=O) groups is 1. The first-order chi connectivity index (χ1) is 6.65. The van der Waals surface area contributed by atoms with Crippen LogP contribution in [-0.4, -0.2) is 28.4 Å². The molecule has 1 aromatic rings. The van der Waals surface area contributed by atoms with Crippen LogP contribution in [0.4, 0.5) is 5.13 Å². The van der Waals surface area contributed by atoms with Gasteiger partial charge in [0.2, 0.25) is 5.71 Å². The second-order valence-corrected chi connectivity index (χ2v) is 3.12. The maximum Gasteiger partial charge on any atom is 0.360 e. The molecule has 1 rings (SSSR count). The van der Waals surface area contributed by atoms with E-state index in [9.17, 15) is 4.79 Å². The topological polar surface area (TPSA) is 97.8 Å². The van der Waals surface area contributed by atoms with Crippen molar-refractivity contribution in [1.29, 1.82) is 0 Å². The third kappa shape index (κ3) is 2.43. The van der Waals surface area contributed by atoms with Gasteiger partial charge in [0.1, 0.15) is 12.3 Å². The summed E-state index contributed by atoms with van der Waals surface area (Å²) < 4.78 is 0. The second-order valence-electron chi connectivity index (χ2n) is 2.23. The largest absolute Gasteiger partial charge is 0.476 e. The zero-order chi connectivity index (χ0) is 10.6. The molecule has 0 radical (unpaired) electrons. The predicted octanol–water partition coefficient (Wildman–Crippen LogP) is 0.550. The highest BCUT2D eigenvalue weighted by atomic mass is 32.1. The average molecular weight is 215 g/mol. The number of hydrogen-bond donors (Lipinski definition) is 2. The van der Waals surface area contributed by atoms with Gasteiger partial charge < -0.3 is 15.7 Å². The van der Waals surface area contributed by atoms with Crippen LogP contribution in [0.15, 0.2) is 10.5 Å². The summed E-state index contributed by atoms with van der Waals surface area (Å²) in [5, 5.41) is 14.0. The molecule has 0 unspecified atom stereocenters. The maximum absolute atomic E-state index is 10.7. The fourth-order valence-corrected chi connectivity index (χ4v) is 1.27. The molecule has 0 aliphatic carbocycles. The summed E-state index contributed by atoms with van der Waals surface area (Å²) in [5.74, 6) is -1.19. The molecule has 0 fully saturated rings. The maximum atomic E-state index is 10.7. The number of oxime groups is 1. The molecule has 1 heterocycles. The van der Waals surface area contributed by atoms with Crippen LogP contribution >= 0.6 is 11.3 Å². The highest BCUT2D eigenvalue weighted by Gasteiger charge is 2.16. The summed E-state index contributed by atoms with van der Waals surface area (Å²) in [6.07, 6.45) is 0. The summed E-state index contributed by atoms with van der Waals surface area (Å²) in [5.41, 5.74) is 5.34. The number of carboxylic acid groups (broad SMARTS) is 1. The highest BCUT2D eigenvalue weighted by Crippen LogP contribution is 2.12. The third-order valence-electron chi connectivity index (χ3n) is 1.25. The molecule has 1 aromatic heterocycles. The zero-order valence-electron chi connectivity index (χ0n) is 7.43. The Morgan fingerprint density at radius 3 is 3.00 bits per heavy atom. The molecular weight excluding hydrogens is 206 g/mol. The summed E-state index contributed by atoms with van der Waals surface area (Å²) in [7, 11) is 0. The van der Waals surface area contributed by atoms with Gasteiger partial charge in [-0.3, -0.25) is 0 Å². The Morgan fingerprint density at radius 1 is 1.86 bits per heavy atom. The molecule has 0 saturated carbocycles. The molecule has 14 heavy (non-hydrogen) atoms. The van der Waals surface area contributed by atoms with Crippen molar-refractivity contribution in [3.8, 4) is 0 Å². The minimum atomic E-state index is -1.19. The molecule has 0 spiro atoms. The number of thiazole rings is 1. The SMILES string of the molecule is CCO/N=C(\C(=O)O)c1csc(N)n1. The van der Waals surface area contributed by atoms with Gasteiger partial charge in [-0.15, -0.1) is 11.3 Å². The Hall–Kier alpha value is -1.63. The average Bonchev–Trinajstić information content (AvgIpc) is 2.52. The lowest BCUT2D eigenvalue weighted by molar-refractivity contribution is -0.129. The normalized spacial score (nSPS) is 11.4. The Bertz CT molecular complexity index is 361. The number of aromatic nitrogens is 1. The molecule has 0 aliphatic rings. The molecule has 0 atom stereocenters. The van der Waals surface area contributed by atoms with E-state index in [4.69, 9.17) is 10.8 Å². The van der Waals surface area contributed by atoms with Crippen molar-refractivity contribution in [2.24, 2.45) is 5.16 Å². The van der Waals surface area contributed by atoms with Crippen LogP contribution in [0.3, 0.4) is 0 Å². The van der Waals surface area contributed by atoms with Crippen LogP contribution in [-0.2, 0) is 9.63 Å². The van der Waals surface area contributed by atoms with Gasteiger partial charge in [-0.2, -0.15) is 0 Å². The fourth-order valence-electron chi connectivity index (χ4n) is 0.721. The Labute approximate surface area is 84.0 Å². The van der Waals surface area contributed by atoms with E-state index in [0.717, 1.165) is 11.3 Å². The van der Waals surface area contributed by atoms with E-state index in [1.165, 1.54) is 5.38 Å². The van der Waals surface area contributed by atoms with Crippen molar-refractivity contribution < 1.29 is 14.7 Å². The predicted molar refractivity (Wildman–Crippen MR) is 52.3 cm³/mol. The van der Waals surface area contributed by atoms with Gasteiger partial charge >= 0.3 is 5.97 Å². The van der Waals surface area contributed by atoms with Crippen LogP contribution in [0.1, 0.15) is 12.6 Å². The van der Waals surface area contributed by atoms with Crippen molar-refractivity contribution in [2.45, 2.75) is 6.92 Å². The first kappa shape index (κ1) is 10.5. The Balaban J connectivity index is 2.94. The number of nitrogens with zero attached hydrogens (tertiary/aromatic N) is 2. The number of hydrogen-bond acceptors (Lipinski definition) is 6. The smallest absolute Gasteiger partial charge is 0.360 e. The summed E-state index contributed by atoms with van der Waals surface area (Å²) in [4.78, 5) is 19.2. The van der Waals surface area contributed by atoms with Crippen molar-refractivity contribution >= 4 is 28.1 Å².